The summed E-state index contributed by atoms with van der Waals surface area (Å²) in [6, 6.07) is 0. The van der Waals surface area contributed by atoms with Crippen molar-refractivity contribution >= 4 is 22.1 Å². The molecule has 0 rings (SSSR count). The number of hydrogen-bond donors (Lipinski definition) is 1. The molecule has 0 amide bonds. The van der Waals surface area contributed by atoms with Gasteiger partial charge in [0.15, 0.2) is 0 Å². The van der Waals surface area contributed by atoms with Gasteiger partial charge in [-0.2, -0.15) is 43.5 Å². The standard InChI is InChI=1S/C14H16F8O8S/c1-7(13(17,18)19)8(23)29-12(14(20,21)22,9(24)30-10(2,3)4)28-6-5-11(15,16)31(25,26)27/h1,5-6H2,2-4H3,(H,25,26,27). The highest BCUT2D eigenvalue weighted by Gasteiger charge is 2.69. The molecule has 0 radical (unpaired) electrons. The first-order chi connectivity index (χ1) is 13.4. The lowest BCUT2D eigenvalue weighted by molar-refractivity contribution is -0.358. The SMILES string of the molecule is C=C(C(=O)OC(OCCC(F)(F)S(=O)(=O)O)(C(=O)OC(C)(C)C)C(F)(F)F)C(F)(F)F. The number of ether oxygens (including phenoxy) is 3. The van der Waals surface area contributed by atoms with Gasteiger partial charge in [0.2, 0.25) is 0 Å². The Morgan fingerprint density at radius 1 is 0.935 bits per heavy atom. The van der Waals surface area contributed by atoms with Crippen LogP contribution >= 0.6 is 0 Å². The summed E-state index contributed by atoms with van der Waals surface area (Å²) < 4.78 is 146. The van der Waals surface area contributed by atoms with Crippen LogP contribution in [0.25, 0.3) is 0 Å². The highest BCUT2D eigenvalue weighted by atomic mass is 32.2. The fraction of sp³-hybridized carbons (Fsp3) is 0.714. The molecule has 182 valence electrons. The van der Waals surface area contributed by atoms with Crippen LogP contribution in [0.4, 0.5) is 35.1 Å². The van der Waals surface area contributed by atoms with Crippen LogP contribution in [0.3, 0.4) is 0 Å². The van der Waals surface area contributed by atoms with Gasteiger partial charge < -0.3 is 14.2 Å². The van der Waals surface area contributed by atoms with Gasteiger partial charge in [-0.25, -0.2) is 9.59 Å². The van der Waals surface area contributed by atoms with E-state index in [-0.39, 0.29) is 0 Å². The maximum absolute atomic E-state index is 13.6. The second kappa shape index (κ2) is 8.85. The molecule has 1 unspecified atom stereocenters. The molecule has 0 aliphatic rings. The molecule has 0 heterocycles. The predicted octanol–water partition coefficient (Wildman–Crippen LogP) is 3.14. The van der Waals surface area contributed by atoms with Crippen LogP contribution in [0.2, 0.25) is 0 Å². The molecular formula is C14H16F8O8S. The number of halogens is 8. The van der Waals surface area contributed by atoms with Crippen molar-refractivity contribution in [3.8, 4) is 0 Å². The highest BCUT2D eigenvalue weighted by molar-refractivity contribution is 7.86. The van der Waals surface area contributed by atoms with Crippen LogP contribution < -0.4 is 0 Å². The van der Waals surface area contributed by atoms with Gasteiger partial charge in [-0.3, -0.25) is 4.55 Å². The maximum Gasteiger partial charge on any atom is 0.468 e. The molecule has 0 saturated heterocycles. The Balaban J connectivity index is 6.25. The van der Waals surface area contributed by atoms with Crippen molar-refractivity contribution in [2.24, 2.45) is 0 Å². The van der Waals surface area contributed by atoms with Crippen molar-refractivity contribution in [1.29, 1.82) is 0 Å². The second-order valence-electron chi connectivity index (χ2n) is 6.69. The molecule has 0 aromatic rings. The van der Waals surface area contributed by atoms with Crippen LogP contribution in [-0.4, -0.2) is 60.5 Å². The summed E-state index contributed by atoms with van der Waals surface area (Å²) >= 11 is 0. The van der Waals surface area contributed by atoms with Crippen molar-refractivity contribution in [2.45, 2.75) is 56.2 Å². The first-order valence-electron chi connectivity index (χ1n) is 7.66. The monoisotopic (exact) mass is 496 g/mol. The number of carbonyl (C=O) groups is 2. The molecule has 1 atom stereocenters. The topological polar surface area (TPSA) is 116 Å². The third kappa shape index (κ3) is 7.57. The molecule has 0 aliphatic carbocycles. The average molecular weight is 496 g/mol. The molecule has 17 heteroatoms. The Labute approximate surface area is 169 Å². The summed E-state index contributed by atoms with van der Waals surface area (Å²) in [5.74, 6) is -10.5. The Kier molecular flexibility index (Phi) is 8.28. The Hall–Kier alpha value is -2.01. The van der Waals surface area contributed by atoms with E-state index in [0.29, 0.717) is 0 Å². The lowest BCUT2D eigenvalue weighted by Gasteiger charge is -2.35. The summed E-state index contributed by atoms with van der Waals surface area (Å²) in [5.41, 5.74) is -4.29. The van der Waals surface area contributed by atoms with Crippen molar-refractivity contribution in [2.75, 3.05) is 6.61 Å². The number of esters is 2. The minimum Gasteiger partial charge on any atom is -0.455 e. The van der Waals surface area contributed by atoms with Gasteiger partial charge in [0.05, 0.1) is 13.0 Å². The third-order valence-corrected chi connectivity index (χ3v) is 3.90. The number of carbonyl (C=O) groups excluding carboxylic acids is 2. The molecule has 1 N–H and O–H groups in total. The fourth-order valence-electron chi connectivity index (χ4n) is 1.48. The highest BCUT2D eigenvalue weighted by Crippen LogP contribution is 2.40. The minimum atomic E-state index is -6.20. The smallest absolute Gasteiger partial charge is 0.455 e. The van der Waals surface area contributed by atoms with E-state index in [1.807, 2.05) is 0 Å². The van der Waals surface area contributed by atoms with Crippen LogP contribution in [0, 0.1) is 0 Å². The third-order valence-electron chi connectivity index (χ3n) is 2.94. The molecule has 0 aromatic carbocycles. The second-order valence-corrected chi connectivity index (χ2v) is 8.24. The van der Waals surface area contributed by atoms with Crippen molar-refractivity contribution in [1.82, 2.24) is 0 Å². The molecule has 0 bridgehead atoms. The molecule has 31 heavy (non-hydrogen) atoms. The van der Waals surface area contributed by atoms with E-state index in [1.54, 1.807) is 0 Å². The van der Waals surface area contributed by atoms with E-state index in [9.17, 15) is 53.1 Å². The van der Waals surface area contributed by atoms with Crippen molar-refractivity contribution < 1.29 is 71.9 Å². The number of hydrogen-bond acceptors (Lipinski definition) is 7. The van der Waals surface area contributed by atoms with Gasteiger partial charge in [-0.1, -0.05) is 6.58 Å². The van der Waals surface area contributed by atoms with Crippen LogP contribution in [0.1, 0.15) is 27.2 Å². The van der Waals surface area contributed by atoms with E-state index < -0.39 is 69.7 Å². The molecule has 0 fully saturated rings. The molecule has 0 spiro atoms. The molecular weight excluding hydrogens is 480 g/mol. The maximum atomic E-state index is 13.6. The molecule has 0 aliphatic heterocycles. The first-order valence-corrected chi connectivity index (χ1v) is 9.10. The fourth-order valence-corrected chi connectivity index (χ4v) is 1.82. The normalized spacial score (nSPS) is 15.7. The zero-order valence-corrected chi connectivity index (χ0v) is 16.7. The van der Waals surface area contributed by atoms with E-state index in [2.05, 4.69) is 20.8 Å². The van der Waals surface area contributed by atoms with E-state index >= 15 is 0 Å². The van der Waals surface area contributed by atoms with Crippen molar-refractivity contribution in [3.63, 3.8) is 0 Å². The molecule has 8 nitrogen and oxygen atoms in total. The van der Waals surface area contributed by atoms with Gasteiger partial charge >= 0.3 is 45.5 Å². The summed E-state index contributed by atoms with van der Waals surface area (Å²) in [6.07, 6.45) is -14.0. The molecule has 0 saturated carbocycles. The zero-order valence-electron chi connectivity index (χ0n) is 15.9. The lowest BCUT2D eigenvalue weighted by Crippen LogP contribution is -2.60. The van der Waals surface area contributed by atoms with Gasteiger partial charge in [0, 0.05) is 0 Å². The Morgan fingerprint density at radius 2 is 1.39 bits per heavy atom. The van der Waals surface area contributed by atoms with Crippen molar-refractivity contribution in [3.05, 3.63) is 12.2 Å². The average Bonchev–Trinajstić information content (AvgIpc) is 2.47. The van der Waals surface area contributed by atoms with Crippen LogP contribution in [0.5, 0.6) is 0 Å². The van der Waals surface area contributed by atoms with E-state index in [4.69, 9.17) is 4.55 Å². The zero-order chi connectivity index (χ0) is 25.3. The quantitative estimate of drug-likeness (QED) is 0.179. The largest absolute Gasteiger partial charge is 0.468 e. The number of alkyl halides is 8. The number of rotatable bonds is 8. The van der Waals surface area contributed by atoms with Gasteiger partial charge in [0.1, 0.15) is 11.2 Å². The van der Waals surface area contributed by atoms with E-state index in [1.165, 1.54) is 0 Å². The summed E-state index contributed by atoms with van der Waals surface area (Å²) in [7, 11) is -6.14. The summed E-state index contributed by atoms with van der Waals surface area (Å²) in [4.78, 5) is 23.6. The van der Waals surface area contributed by atoms with Crippen LogP contribution in [0.15, 0.2) is 12.2 Å². The lowest BCUT2D eigenvalue weighted by atomic mass is 10.1. The first kappa shape index (κ1) is 29.0. The summed E-state index contributed by atoms with van der Waals surface area (Å²) in [5, 5.41) is -5.09. The molecule has 0 aromatic heterocycles. The Morgan fingerprint density at radius 3 is 1.71 bits per heavy atom. The summed E-state index contributed by atoms with van der Waals surface area (Å²) in [6.45, 7) is 3.10. The van der Waals surface area contributed by atoms with Gasteiger partial charge in [0.25, 0.3) is 0 Å². The van der Waals surface area contributed by atoms with Crippen LogP contribution in [-0.2, 0) is 33.9 Å². The minimum absolute atomic E-state index is 0.995. The predicted molar refractivity (Wildman–Crippen MR) is 83.0 cm³/mol. The Bertz CT molecular complexity index is 810. The van der Waals surface area contributed by atoms with Gasteiger partial charge in [-0.15, -0.1) is 0 Å². The van der Waals surface area contributed by atoms with E-state index in [0.717, 1.165) is 20.8 Å². The van der Waals surface area contributed by atoms with Gasteiger partial charge in [-0.05, 0) is 20.8 Å².